The molecule has 2 heterocycles. The summed E-state index contributed by atoms with van der Waals surface area (Å²) in [6, 6.07) is 11.8. The molecule has 200 valence electrons. The molecule has 8 nitrogen and oxygen atoms in total. The highest BCUT2D eigenvalue weighted by Crippen LogP contribution is 2.33. The molecule has 3 aromatic rings. The number of ether oxygens (including phenoxy) is 2. The molecule has 1 aliphatic rings. The number of carbonyl (C=O) groups excluding carboxylic acids is 2. The second-order valence-corrected chi connectivity index (χ2v) is 8.52. The van der Waals surface area contributed by atoms with Gasteiger partial charge in [0.25, 0.3) is 11.5 Å². The number of amides is 2. The van der Waals surface area contributed by atoms with Crippen molar-refractivity contribution in [1.29, 1.82) is 0 Å². The number of methoxy groups -OCH3 is 1. The number of benzene rings is 2. The maximum Gasteiger partial charge on any atom is 0.387 e. The van der Waals surface area contributed by atoms with Crippen LogP contribution in [0.2, 0.25) is 0 Å². The summed E-state index contributed by atoms with van der Waals surface area (Å²) < 4.78 is 61.4. The van der Waals surface area contributed by atoms with Gasteiger partial charge in [-0.15, -0.1) is 0 Å². The highest BCUT2D eigenvalue weighted by Gasteiger charge is 2.44. The van der Waals surface area contributed by atoms with Crippen LogP contribution in [0.4, 0.5) is 23.2 Å². The van der Waals surface area contributed by atoms with Crippen LogP contribution in [0.25, 0.3) is 0 Å². The molecular formula is C26H23F4N3O5. The van der Waals surface area contributed by atoms with E-state index in [1.165, 1.54) is 44.4 Å². The van der Waals surface area contributed by atoms with Crippen LogP contribution in [0, 0.1) is 6.92 Å². The molecule has 1 aliphatic heterocycles. The quantitative estimate of drug-likeness (QED) is 0.441. The number of hydrogen-bond donors (Lipinski definition) is 1. The zero-order chi connectivity index (χ0) is 27.6. The van der Waals surface area contributed by atoms with Gasteiger partial charge in [0.15, 0.2) is 0 Å². The molecule has 1 saturated heterocycles. The molecule has 2 atom stereocenters. The van der Waals surface area contributed by atoms with Gasteiger partial charge >= 0.3 is 13.2 Å². The van der Waals surface area contributed by atoms with Crippen molar-refractivity contribution in [3.05, 3.63) is 87.8 Å². The summed E-state index contributed by atoms with van der Waals surface area (Å²) in [5.74, 6) is -1.59. The predicted octanol–water partition coefficient (Wildman–Crippen LogP) is 4.09. The Balaban J connectivity index is 1.69. The topological polar surface area (TPSA) is 89.9 Å². The number of nitrogens with zero attached hydrogens (tertiary/aromatic N) is 2. The average molecular weight is 533 g/mol. The van der Waals surface area contributed by atoms with Crippen molar-refractivity contribution < 1.29 is 36.6 Å². The van der Waals surface area contributed by atoms with E-state index in [1.807, 2.05) is 0 Å². The maximum absolute atomic E-state index is 13.6. The first kappa shape index (κ1) is 26.7. The third-order valence-corrected chi connectivity index (χ3v) is 6.26. The van der Waals surface area contributed by atoms with E-state index < -0.39 is 42.5 Å². The fourth-order valence-electron chi connectivity index (χ4n) is 4.37. The standard InChI is InChI=1S/C26H23F4N3O5/c1-14-11-12-32(25(27)28)24(36)21(14)33-13-19(15-3-7-17(37-2)8-4-15)20(23(33)35)31-22(34)16-5-9-18(10-6-16)38-26(29)30/h3-12,19-20,25-26H,13H2,1-2H3,(H,31,34)/t19-,20-/m0/s1. The minimum atomic E-state index is -3.11. The molecule has 12 heteroatoms. The number of halogens is 4. The molecule has 0 unspecified atom stereocenters. The van der Waals surface area contributed by atoms with Crippen molar-refractivity contribution in [2.75, 3.05) is 18.6 Å². The number of nitrogens with one attached hydrogen (secondary N) is 1. The number of rotatable bonds is 8. The lowest BCUT2D eigenvalue weighted by molar-refractivity contribution is -0.118. The van der Waals surface area contributed by atoms with E-state index in [0.717, 1.165) is 11.1 Å². The van der Waals surface area contributed by atoms with E-state index in [1.54, 1.807) is 24.3 Å². The van der Waals surface area contributed by atoms with E-state index in [2.05, 4.69) is 10.1 Å². The third-order valence-electron chi connectivity index (χ3n) is 6.26. The smallest absolute Gasteiger partial charge is 0.387 e. The third kappa shape index (κ3) is 5.34. The van der Waals surface area contributed by atoms with Crippen LogP contribution in [0.3, 0.4) is 0 Å². The Hall–Kier alpha value is -4.35. The van der Waals surface area contributed by atoms with Gasteiger partial charge in [-0.3, -0.25) is 19.0 Å². The molecule has 0 aliphatic carbocycles. The Labute approximate surface area is 214 Å². The first-order valence-corrected chi connectivity index (χ1v) is 11.4. The summed E-state index contributed by atoms with van der Waals surface area (Å²) in [6.45, 7) is -4.68. The van der Waals surface area contributed by atoms with Gasteiger partial charge in [-0.2, -0.15) is 17.6 Å². The van der Waals surface area contributed by atoms with Gasteiger partial charge in [0.2, 0.25) is 5.91 Å². The van der Waals surface area contributed by atoms with E-state index in [-0.39, 0.29) is 28.1 Å². The highest BCUT2D eigenvalue weighted by molar-refractivity contribution is 6.05. The highest BCUT2D eigenvalue weighted by atomic mass is 19.3. The zero-order valence-electron chi connectivity index (χ0n) is 20.2. The number of anilines is 1. The van der Waals surface area contributed by atoms with Crippen molar-refractivity contribution in [3.63, 3.8) is 0 Å². The van der Waals surface area contributed by atoms with E-state index in [0.29, 0.717) is 16.9 Å². The van der Waals surface area contributed by atoms with Crippen molar-refractivity contribution in [2.24, 2.45) is 0 Å². The fourth-order valence-corrected chi connectivity index (χ4v) is 4.37. The molecular weight excluding hydrogens is 510 g/mol. The van der Waals surface area contributed by atoms with Crippen LogP contribution < -0.4 is 25.2 Å². The molecule has 2 aromatic carbocycles. The zero-order valence-corrected chi connectivity index (χ0v) is 20.2. The number of carbonyl (C=O) groups is 2. The monoisotopic (exact) mass is 533 g/mol. The van der Waals surface area contributed by atoms with Gasteiger partial charge < -0.3 is 19.7 Å². The van der Waals surface area contributed by atoms with Crippen molar-refractivity contribution >= 4 is 17.5 Å². The molecule has 0 spiro atoms. The van der Waals surface area contributed by atoms with E-state index in [4.69, 9.17) is 4.74 Å². The molecule has 38 heavy (non-hydrogen) atoms. The normalized spacial score (nSPS) is 17.3. The van der Waals surface area contributed by atoms with Gasteiger partial charge in [0.05, 0.1) is 7.11 Å². The summed E-state index contributed by atoms with van der Waals surface area (Å²) in [7, 11) is 1.49. The number of aryl methyl sites for hydroxylation is 1. The minimum absolute atomic E-state index is 0.0688. The maximum atomic E-state index is 13.6. The van der Waals surface area contributed by atoms with Crippen molar-refractivity contribution in [2.45, 2.75) is 32.0 Å². The minimum Gasteiger partial charge on any atom is -0.497 e. The van der Waals surface area contributed by atoms with Gasteiger partial charge in [-0.05, 0) is 60.5 Å². The number of alkyl halides is 4. The van der Waals surface area contributed by atoms with Gasteiger partial charge in [-0.25, -0.2) is 0 Å². The lowest BCUT2D eigenvalue weighted by Crippen LogP contribution is -2.44. The second kappa shape index (κ2) is 11.0. The van der Waals surface area contributed by atoms with Crippen LogP contribution in [0.5, 0.6) is 11.5 Å². The lowest BCUT2D eigenvalue weighted by Gasteiger charge is -2.20. The fraction of sp³-hybridized carbons (Fsp3) is 0.269. The van der Waals surface area contributed by atoms with E-state index in [9.17, 15) is 31.9 Å². The van der Waals surface area contributed by atoms with Crippen molar-refractivity contribution in [3.8, 4) is 11.5 Å². The number of aromatic nitrogens is 1. The van der Waals surface area contributed by atoms with Gasteiger partial charge in [0.1, 0.15) is 23.2 Å². The molecule has 4 rings (SSSR count). The van der Waals surface area contributed by atoms with Crippen LogP contribution in [0.15, 0.2) is 65.6 Å². The van der Waals surface area contributed by atoms with Crippen LogP contribution in [-0.4, -0.2) is 42.7 Å². The second-order valence-electron chi connectivity index (χ2n) is 8.52. The summed E-state index contributed by atoms with van der Waals surface area (Å²) in [5.41, 5.74) is -0.224. The number of hydrogen-bond acceptors (Lipinski definition) is 5. The summed E-state index contributed by atoms with van der Waals surface area (Å²) in [4.78, 5) is 40.6. The molecule has 1 N–H and O–H groups in total. The largest absolute Gasteiger partial charge is 0.497 e. The number of pyridine rings is 1. The Morgan fingerprint density at radius 3 is 2.18 bits per heavy atom. The molecule has 1 aromatic heterocycles. The Kier molecular flexibility index (Phi) is 7.70. The van der Waals surface area contributed by atoms with Gasteiger partial charge in [0, 0.05) is 24.2 Å². The Morgan fingerprint density at radius 1 is 0.974 bits per heavy atom. The summed E-state index contributed by atoms with van der Waals surface area (Å²) in [5, 5.41) is 2.65. The average Bonchev–Trinajstić information content (AvgIpc) is 3.19. The van der Waals surface area contributed by atoms with Crippen LogP contribution in [0.1, 0.15) is 34.0 Å². The Morgan fingerprint density at radius 2 is 1.61 bits per heavy atom. The van der Waals surface area contributed by atoms with Crippen LogP contribution in [-0.2, 0) is 4.79 Å². The van der Waals surface area contributed by atoms with Crippen molar-refractivity contribution in [1.82, 2.24) is 9.88 Å². The molecule has 0 saturated carbocycles. The van der Waals surface area contributed by atoms with Gasteiger partial charge in [-0.1, -0.05) is 12.1 Å². The van der Waals surface area contributed by atoms with Crippen LogP contribution >= 0.6 is 0 Å². The first-order chi connectivity index (χ1) is 18.1. The Bertz CT molecular complexity index is 1380. The summed E-state index contributed by atoms with van der Waals surface area (Å²) in [6.07, 6.45) is 0.952. The van der Waals surface area contributed by atoms with E-state index >= 15 is 0 Å². The molecule has 0 radical (unpaired) electrons. The SMILES string of the molecule is COc1ccc([C@@H]2CN(c3c(C)ccn(C(F)F)c3=O)C(=O)[C@H]2NC(=O)c2ccc(OC(F)F)cc2)cc1. The molecule has 0 bridgehead atoms. The summed E-state index contributed by atoms with van der Waals surface area (Å²) >= 11 is 0. The molecule has 2 amide bonds. The lowest BCUT2D eigenvalue weighted by atomic mass is 9.93. The molecule has 1 fully saturated rings. The predicted molar refractivity (Wildman–Crippen MR) is 129 cm³/mol. The first-order valence-electron chi connectivity index (χ1n) is 11.4.